The summed E-state index contributed by atoms with van der Waals surface area (Å²) in [6.45, 7) is 2.65. The average molecular weight is 419 g/mol. The number of benzene rings is 1. The van der Waals surface area contributed by atoms with Gasteiger partial charge in [0.25, 0.3) is 0 Å². The largest absolute Gasteiger partial charge is 0.485 e. The normalized spacial score (nSPS) is 12.6. The lowest BCUT2D eigenvalue weighted by molar-refractivity contribution is 0.307. The molecule has 0 fully saturated rings. The first-order valence-electron chi connectivity index (χ1n) is 9.89. The van der Waals surface area contributed by atoms with Crippen molar-refractivity contribution in [3.8, 4) is 28.1 Å². The van der Waals surface area contributed by atoms with Gasteiger partial charge in [-0.2, -0.15) is 5.10 Å². The fourth-order valence-electron chi connectivity index (χ4n) is 3.99. The fraction of sp³-hybridized carbons (Fsp3) is 0.174. The van der Waals surface area contributed by atoms with Gasteiger partial charge in [0.1, 0.15) is 18.2 Å². The topological polar surface area (TPSA) is 78.9 Å². The van der Waals surface area contributed by atoms with Crippen LogP contribution in [0.3, 0.4) is 0 Å². The molecule has 4 heterocycles. The molecule has 0 amide bonds. The number of fused-ring (bicyclic) bond motifs is 7. The van der Waals surface area contributed by atoms with E-state index in [0.29, 0.717) is 34.5 Å². The zero-order valence-corrected chi connectivity index (χ0v) is 16.8. The van der Waals surface area contributed by atoms with Gasteiger partial charge < -0.3 is 10.5 Å². The molecule has 0 saturated heterocycles. The quantitative estimate of drug-likeness (QED) is 0.496. The number of hydrogen-bond donors (Lipinski definition) is 1. The van der Waals surface area contributed by atoms with Gasteiger partial charge in [0.15, 0.2) is 11.6 Å². The van der Waals surface area contributed by atoms with Crippen LogP contribution in [0.1, 0.15) is 23.6 Å². The van der Waals surface area contributed by atoms with Crippen LogP contribution in [-0.2, 0) is 19.6 Å². The molecule has 6 nitrogen and oxygen atoms in total. The molecule has 1 aliphatic rings. The number of nitrogens with two attached hydrogens (primary N) is 1. The molecule has 1 aliphatic heterocycles. The highest BCUT2D eigenvalue weighted by atomic mass is 19.1. The van der Waals surface area contributed by atoms with Crippen molar-refractivity contribution >= 4 is 5.82 Å². The molecule has 31 heavy (non-hydrogen) atoms. The maximum Gasteiger partial charge on any atom is 0.166 e. The Kier molecular flexibility index (Phi) is 4.62. The van der Waals surface area contributed by atoms with Crippen LogP contribution < -0.4 is 10.5 Å². The lowest BCUT2D eigenvalue weighted by atomic mass is 9.92. The predicted octanol–water partition coefficient (Wildman–Crippen LogP) is 4.37. The van der Waals surface area contributed by atoms with E-state index in [2.05, 4.69) is 15.1 Å². The second-order valence-electron chi connectivity index (χ2n) is 7.36. The zero-order chi connectivity index (χ0) is 21.5. The van der Waals surface area contributed by atoms with Crippen molar-refractivity contribution < 1.29 is 13.5 Å². The van der Waals surface area contributed by atoms with E-state index < -0.39 is 11.6 Å². The lowest BCUT2D eigenvalue weighted by Crippen LogP contribution is -2.07. The van der Waals surface area contributed by atoms with Crippen molar-refractivity contribution in [2.45, 2.75) is 26.5 Å². The van der Waals surface area contributed by atoms with Gasteiger partial charge in [-0.3, -0.25) is 9.67 Å². The summed E-state index contributed by atoms with van der Waals surface area (Å²) in [6.07, 6.45) is 6.46. The predicted molar refractivity (Wildman–Crippen MR) is 112 cm³/mol. The number of pyridine rings is 2. The molecule has 0 atom stereocenters. The number of anilines is 1. The Labute approximate surface area is 177 Å². The van der Waals surface area contributed by atoms with E-state index in [-0.39, 0.29) is 18.8 Å². The summed E-state index contributed by atoms with van der Waals surface area (Å²) in [5.74, 6) is -0.222. The number of aryl methyl sites for hydroxylation is 1. The Morgan fingerprint density at radius 3 is 2.77 bits per heavy atom. The number of ether oxygens (including phenoxy) is 1. The molecule has 4 aromatic rings. The minimum Gasteiger partial charge on any atom is -0.485 e. The van der Waals surface area contributed by atoms with E-state index in [4.69, 9.17) is 10.5 Å². The number of rotatable bonds is 1. The molecule has 2 bridgehead atoms. The molecule has 5 rings (SSSR count). The molecular weight excluding hydrogens is 400 g/mol. The van der Waals surface area contributed by atoms with Crippen molar-refractivity contribution in [2.24, 2.45) is 0 Å². The van der Waals surface area contributed by atoms with Gasteiger partial charge in [0.2, 0.25) is 0 Å². The van der Waals surface area contributed by atoms with Gasteiger partial charge in [0.05, 0.1) is 18.1 Å². The fourth-order valence-corrected chi connectivity index (χ4v) is 3.99. The Bertz CT molecular complexity index is 1300. The van der Waals surface area contributed by atoms with E-state index in [9.17, 15) is 4.39 Å². The third-order valence-electron chi connectivity index (χ3n) is 5.48. The molecule has 3 aromatic heterocycles. The van der Waals surface area contributed by atoms with Gasteiger partial charge in [-0.05, 0) is 30.7 Å². The summed E-state index contributed by atoms with van der Waals surface area (Å²) in [4.78, 5) is 8.31. The number of hydrogen-bond acceptors (Lipinski definition) is 5. The van der Waals surface area contributed by atoms with Crippen LogP contribution in [0.2, 0.25) is 0 Å². The molecule has 2 N–H and O–H groups in total. The van der Waals surface area contributed by atoms with Crippen LogP contribution in [0.5, 0.6) is 5.75 Å². The highest BCUT2D eigenvalue weighted by molar-refractivity contribution is 5.73. The summed E-state index contributed by atoms with van der Waals surface area (Å²) in [6, 6.07) is 6.13. The first kappa shape index (κ1) is 19.2. The van der Waals surface area contributed by atoms with Gasteiger partial charge in [0, 0.05) is 53.2 Å². The Morgan fingerprint density at radius 1 is 1.06 bits per heavy atom. The maximum absolute atomic E-state index is 15.0. The average Bonchev–Trinajstić information content (AvgIpc) is 3.17. The first-order valence-corrected chi connectivity index (χ1v) is 9.89. The van der Waals surface area contributed by atoms with Crippen molar-refractivity contribution in [3.05, 3.63) is 77.4 Å². The molecule has 156 valence electrons. The molecule has 0 saturated carbocycles. The van der Waals surface area contributed by atoms with Crippen molar-refractivity contribution in [1.29, 1.82) is 0 Å². The number of halogens is 2. The Balaban J connectivity index is 1.81. The van der Waals surface area contributed by atoms with Crippen LogP contribution in [0.25, 0.3) is 22.4 Å². The Hall–Kier alpha value is -3.81. The SMILES string of the molecule is CCn1ncc2c1-c1cnc(N)c(c1)OCc1cc(F)ccc1-c1cncc(F)c1C2. The standard InChI is InChI=1S/C23H19F2N5O/c1-2-30-22-13(9-29-30)6-18-19(10-27-11-20(18)25)17-4-3-16(24)5-15(17)12-31-21-7-14(22)8-28-23(21)26/h3-5,7-11H,2,6,12H2,1H3,(H2,26,28). The monoisotopic (exact) mass is 419 g/mol. The molecule has 0 aliphatic carbocycles. The van der Waals surface area contributed by atoms with Gasteiger partial charge in [-0.1, -0.05) is 6.07 Å². The first-order chi connectivity index (χ1) is 15.0. The molecule has 8 heteroatoms. The summed E-state index contributed by atoms with van der Waals surface area (Å²) in [7, 11) is 0. The highest BCUT2D eigenvalue weighted by Crippen LogP contribution is 2.36. The minimum atomic E-state index is -0.433. The highest BCUT2D eigenvalue weighted by Gasteiger charge is 2.21. The van der Waals surface area contributed by atoms with Gasteiger partial charge >= 0.3 is 0 Å². The second-order valence-corrected chi connectivity index (χ2v) is 7.36. The van der Waals surface area contributed by atoms with Crippen LogP contribution >= 0.6 is 0 Å². The van der Waals surface area contributed by atoms with Crippen LogP contribution in [0.4, 0.5) is 14.6 Å². The molecule has 0 unspecified atom stereocenters. The summed E-state index contributed by atoms with van der Waals surface area (Å²) in [5, 5.41) is 4.47. The van der Waals surface area contributed by atoms with E-state index in [1.54, 1.807) is 30.7 Å². The molecule has 0 spiro atoms. The Morgan fingerprint density at radius 2 is 1.94 bits per heavy atom. The third kappa shape index (κ3) is 3.30. The van der Waals surface area contributed by atoms with Gasteiger partial charge in [-0.25, -0.2) is 13.8 Å². The van der Waals surface area contributed by atoms with Crippen molar-refractivity contribution in [2.75, 3.05) is 5.73 Å². The van der Waals surface area contributed by atoms with E-state index in [1.165, 1.54) is 18.3 Å². The molecule has 0 radical (unpaired) electrons. The van der Waals surface area contributed by atoms with Crippen molar-refractivity contribution in [3.63, 3.8) is 0 Å². The minimum absolute atomic E-state index is 0.0400. The summed E-state index contributed by atoms with van der Waals surface area (Å²) < 4.78 is 36.8. The second kappa shape index (κ2) is 7.46. The van der Waals surface area contributed by atoms with E-state index in [0.717, 1.165) is 16.8 Å². The smallest absolute Gasteiger partial charge is 0.166 e. The zero-order valence-electron chi connectivity index (χ0n) is 16.8. The third-order valence-corrected chi connectivity index (χ3v) is 5.48. The van der Waals surface area contributed by atoms with Crippen LogP contribution in [-0.4, -0.2) is 19.7 Å². The maximum atomic E-state index is 15.0. The van der Waals surface area contributed by atoms with Crippen LogP contribution in [0, 0.1) is 11.6 Å². The lowest BCUT2D eigenvalue weighted by Gasteiger charge is -2.18. The summed E-state index contributed by atoms with van der Waals surface area (Å²) in [5.41, 5.74) is 10.7. The van der Waals surface area contributed by atoms with E-state index >= 15 is 4.39 Å². The number of nitrogen functional groups attached to an aromatic ring is 1. The molecule has 1 aromatic carbocycles. The van der Waals surface area contributed by atoms with Crippen molar-refractivity contribution in [1.82, 2.24) is 19.7 Å². The van der Waals surface area contributed by atoms with Crippen LogP contribution in [0.15, 0.2) is 49.1 Å². The number of aromatic nitrogens is 4. The van der Waals surface area contributed by atoms with E-state index in [1.807, 2.05) is 11.6 Å². The molecular formula is C23H19F2N5O. The van der Waals surface area contributed by atoms with Gasteiger partial charge in [-0.15, -0.1) is 0 Å². The summed E-state index contributed by atoms with van der Waals surface area (Å²) >= 11 is 0. The number of nitrogens with zero attached hydrogens (tertiary/aromatic N) is 4.